The van der Waals surface area contributed by atoms with Crippen molar-refractivity contribution in [3.63, 3.8) is 0 Å². The zero-order valence-corrected chi connectivity index (χ0v) is 20.4. The highest BCUT2D eigenvalue weighted by atomic mass is 32.2. The summed E-state index contributed by atoms with van der Waals surface area (Å²) in [6.07, 6.45) is -0.372. The number of fused-ring (bicyclic) bond motifs is 1. The Balaban J connectivity index is 1.21. The molecule has 2 aromatic carbocycles. The average molecular weight is 500 g/mol. The quantitative estimate of drug-likeness (QED) is 0.358. The first kappa shape index (κ1) is 24.0. The molecule has 1 saturated heterocycles. The Kier molecular flexibility index (Phi) is 8.02. The molecule has 0 atom stereocenters. The molecule has 4 rings (SSSR count). The Morgan fingerprint density at radius 2 is 1.68 bits per heavy atom. The molecule has 0 bridgehead atoms. The van der Waals surface area contributed by atoms with Crippen molar-refractivity contribution in [3.8, 4) is 0 Å². The number of piperazine rings is 1. The first-order chi connectivity index (χ1) is 16.5. The van der Waals surface area contributed by atoms with Gasteiger partial charge in [-0.1, -0.05) is 36.0 Å². The molecule has 3 aromatic rings. The maximum absolute atomic E-state index is 12.4. The highest BCUT2D eigenvalue weighted by molar-refractivity contribution is 8.00. The lowest BCUT2D eigenvalue weighted by Crippen LogP contribution is -2.51. The van der Waals surface area contributed by atoms with E-state index < -0.39 is 5.97 Å². The summed E-state index contributed by atoms with van der Waals surface area (Å²) in [5.74, 6) is -0.0737. The molecule has 0 N–H and O–H groups in total. The van der Waals surface area contributed by atoms with Gasteiger partial charge >= 0.3 is 12.1 Å². The molecule has 1 aliphatic heterocycles. The van der Waals surface area contributed by atoms with Crippen molar-refractivity contribution in [2.75, 3.05) is 39.4 Å². The van der Waals surface area contributed by atoms with Gasteiger partial charge in [-0.25, -0.2) is 14.6 Å². The van der Waals surface area contributed by atoms with Gasteiger partial charge in [-0.15, -0.1) is 11.3 Å². The molecule has 34 heavy (non-hydrogen) atoms. The molecule has 1 aromatic heterocycles. The molecule has 0 unspecified atom stereocenters. The minimum Gasteiger partial charge on any atom is -0.452 e. The van der Waals surface area contributed by atoms with E-state index in [9.17, 15) is 14.4 Å². The van der Waals surface area contributed by atoms with E-state index in [-0.39, 0.29) is 18.6 Å². The molecular weight excluding hydrogens is 474 g/mol. The molecule has 1 fully saturated rings. The van der Waals surface area contributed by atoms with Gasteiger partial charge in [-0.2, -0.15) is 0 Å². The number of thioether (sulfide) groups is 1. The molecule has 10 heteroatoms. The number of rotatable bonds is 7. The van der Waals surface area contributed by atoms with Crippen LogP contribution in [0.3, 0.4) is 0 Å². The van der Waals surface area contributed by atoms with Crippen molar-refractivity contribution in [2.24, 2.45) is 0 Å². The third-order valence-electron chi connectivity index (χ3n) is 5.31. The van der Waals surface area contributed by atoms with Crippen LogP contribution >= 0.6 is 23.1 Å². The van der Waals surface area contributed by atoms with E-state index in [1.54, 1.807) is 52.0 Å². The van der Waals surface area contributed by atoms with Crippen LogP contribution in [0.1, 0.15) is 22.8 Å². The van der Waals surface area contributed by atoms with Crippen molar-refractivity contribution in [3.05, 3.63) is 59.7 Å². The third-order valence-corrected chi connectivity index (χ3v) is 7.56. The van der Waals surface area contributed by atoms with Crippen molar-refractivity contribution in [1.29, 1.82) is 0 Å². The number of amides is 2. The van der Waals surface area contributed by atoms with Gasteiger partial charge in [-0.05, 0) is 36.8 Å². The maximum atomic E-state index is 12.4. The van der Waals surface area contributed by atoms with E-state index in [0.717, 1.165) is 21.2 Å². The van der Waals surface area contributed by atoms with Gasteiger partial charge in [0.25, 0.3) is 5.91 Å². The van der Waals surface area contributed by atoms with Crippen molar-refractivity contribution >= 4 is 51.3 Å². The number of hydrogen-bond acceptors (Lipinski definition) is 8. The predicted octanol–water partition coefficient (Wildman–Crippen LogP) is 4.05. The second-order valence-electron chi connectivity index (χ2n) is 7.58. The Bertz CT molecular complexity index is 1120. The van der Waals surface area contributed by atoms with Crippen molar-refractivity contribution < 1.29 is 23.9 Å². The number of nitrogens with zero attached hydrogens (tertiary/aromatic N) is 3. The Hall–Kier alpha value is -3.11. The molecule has 178 valence electrons. The van der Waals surface area contributed by atoms with E-state index >= 15 is 0 Å². The molecule has 8 nitrogen and oxygen atoms in total. The number of ether oxygens (including phenoxy) is 2. The number of benzene rings is 2. The fraction of sp³-hybridized carbons (Fsp3) is 0.333. The number of carbonyl (C=O) groups is 3. The molecule has 0 spiro atoms. The monoisotopic (exact) mass is 499 g/mol. The number of carbonyl (C=O) groups excluding carboxylic acids is 3. The second kappa shape index (κ2) is 11.3. The fourth-order valence-electron chi connectivity index (χ4n) is 3.45. The lowest BCUT2D eigenvalue weighted by atomic mass is 10.1. The van der Waals surface area contributed by atoms with E-state index in [0.29, 0.717) is 38.3 Å². The van der Waals surface area contributed by atoms with Crippen molar-refractivity contribution in [1.82, 2.24) is 14.8 Å². The summed E-state index contributed by atoms with van der Waals surface area (Å²) in [4.78, 5) is 44.3. The smallest absolute Gasteiger partial charge is 0.409 e. The molecule has 0 saturated carbocycles. The molecule has 1 aliphatic rings. The predicted molar refractivity (Wildman–Crippen MR) is 131 cm³/mol. The fourth-order valence-corrected chi connectivity index (χ4v) is 5.47. The van der Waals surface area contributed by atoms with Gasteiger partial charge in [-0.3, -0.25) is 4.79 Å². The summed E-state index contributed by atoms with van der Waals surface area (Å²) in [6.45, 7) is 3.31. The first-order valence-corrected chi connectivity index (χ1v) is 12.8. The van der Waals surface area contributed by atoms with E-state index in [2.05, 4.69) is 11.1 Å². The molecule has 0 radical (unpaired) electrons. The maximum Gasteiger partial charge on any atom is 0.409 e. The SMILES string of the molecule is CCOC(=O)N1CCN(C(=O)COC(=O)c2ccc(CSc3nc4ccccc4s3)cc2)CC1. The van der Waals surface area contributed by atoms with Gasteiger partial charge in [0.1, 0.15) is 0 Å². The minimum absolute atomic E-state index is 0.277. The van der Waals surface area contributed by atoms with Gasteiger partial charge in [0.05, 0.1) is 22.4 Å². The Morgan fingerprint density at radius 3 is 2.38 bits per heavy atom. The van der Waals surface area contributed by atoms with Crippen LogP contribution in [0.5, 0.6) is 0 Å². The van der Waals surface area contributed by atoms with Crippen LogP contribution < -0.4 is 0 Å². The van der Waals surface area contributed by atoms with Gasteiger partial charge < -0.3 is 19.3 Å². The minimum atomic E-state index is -0.538. The Labute approximate surface area is 205 Å². The van der Waals surface area contributed by atoms with Crippen LogP contribution in [0.4, 0.5) is 4.79 Å². The second-order valence-corrected chi connectivity index (χ2v) is 9.83. The lowest BCUT2D eigenvalue weighted by molar-refractivity contribution is -0.136. The standard InChI is InChI=1S/C24H25N3O5S2/c1-2-31-24(30)27-13-11-26(12-14-27)21(28)15-32-22(29)18-9-7-17(8-10-18)16-33-23-25-19-5-3-4-6-20(19)34-23/h3-10H,2,11-16H2,1H3. The number of aromatic nitrogens is 1. The molecule has 2 amide bonds. The largest absolute Gasteiger partial charge is 0.452 e. The molecule has 0 aliphatic carbocycles. The van der Waals surface area contributed by atoms with E-state index in [1.165, 1.54) is 4.70 Å². The van der Waals surface area contributed by atoms with Crippen LogP contribution in [-0.2, 0) is 20.0 Å². The van der Waals surface area contributed by atoms with E-state index in [4.69, 9.17) is 9.47 Å². The highest BCUT2D eigenvalue weighted by Crippen LogP contribution is 2.31. The topological polar surface area (TPSA) is 89.0 Å². The normalized spacial score (nSPS) is 13.7. The summed E-state index contributed by atoms with van der Waals surface area (Å²) in [5.41, 5.74) is 2.47. The van der Waals surface area contributed by atoms with Crippen LogP contribution in [0.2, 0.25) is 0 Å². The number of thiazole rings is 1. The Morgan fingerprint density at radius 1 is 0.971 bits per heavy atom. The zero-order valence-electron chi connectivity index (χ0n) is 18.8. The third kappa shape index (κ3) is 6.06. The summed E-state index contributed by atoms with van der Waals surface area (Å²) < 4.78 is 12.4. The summed E-state index contributed by atoms with van der Waals surface area (Å²) in [6, 6.07) is 15.2. The summed E-state index contributed by atoms with van der Waals surface area (Å²) >= 11 is 3.32. The van der Waals surface area contributed by atoms with Gasteiger partial charge in [0.15, 0.2) is 10.9 Å². The van der Waals surface area contributed by atoms with Crippen molar-refractivity contribution in [2.45, 2.75) is 17.0 Å². The van der Waals surface area contributed by atoms with Crippen LogP contribution in [0, 0.1) is 0 Å². The number of hydrogen-bond donors (Lipinski definition) is 0. The van der Waals surface area contributed by atoms with E-state index in [1.807, 2.05) is 30.3 Å². The first-order valence-electron chi connectivity index (χ1n) is 11.0. The van der Waals surface area contributed by atoms with Crippen LogP contribution in [-0.4, -0.2) is 72.1 Å². The van der Waals surface area contributed by atoms with Crippen LogP contribution in [0.15, 0.2) is 52.9 Å². The summed E-state index contributed by atoms with van der Waals surface area (Å²) in [7, 11) is 0. The zero-order chi connectivity index (χ0) is 23.9. The molecule has 2 heterocycles. The summed E-state index contributed by atoms with van der Waals surface area (Å²) in [5, 5.41) is 0. The molecular formula is C24H25N3O5S2. The van der Waals surface area contributed by atoms with Crippen LogP contribution in [0.25, 0.3) is 10.2 Å². The number of para-hydroxylation sites is 1. The number of esters is 1. The lowest BCUT2D eigenvalue weighted by Gasteiger charge is -2.33. The van der Waals surface area contributed by atoms with Gasteiger partial charge in [0.2, 0.25) is 0 Å². The highest BCUT2D eigenvalue weighted by Gasteiger charge is 2.25. The average Bonchev–Trinajstić information content (AvgIpc) is 3.29. The van der Waals surface area contributed by atoms with Gasteiger partial charge in [0, 0.05) is 31.9 Å².